The van der Waals surface area contributed by atoms with E-state index >= 15 is 0 Å². The number of piperidine rings is 1. The van der Waals surface area contributed by atoms with Crippen molar-refractivity contribution in [2.45, 2.75) is 12.8 Å². The molecule has 1 saturated heterocycles. The number of amides is 1. The second-order valence-corrected chi connectivity index (χ2v) is 6.35. The van der Waals surface area contributed by atoms with Crippen LogP contribution in [0.2, 0.25) is 0 Å². The first kappa shape index (κ1) is 13.1. The maximum atomic E-state index is 11.9. The van der Waals surface area contributed by atoms with Crippen LogP contribution in [0.1, 0.15) is 22.5 Å². The summed E-state index contributed by atoms with van der Waals surface area (Å²) >= 11 is 4.86. The van der Waals surface area contributed by atoms with Gasteiger partial charge in [-0.05, 0) is 59.7 Å². The molecule has 2 rings (SSSR count). The molecular formula is C12H17BrN2OS. The Morgan fingerprint density at radius 2 is 2.53 bits per heavy atom. The Balaban J connectivity index is 1.82. The summed E-state index contributed by atoms with van der Waals surface area (Å²) in [6, 6.07) is 1.91. The van der Waals surface area contributed by atoms with Crippen molar-refractivity contribution in [2.24, 2.45) is 5.92 Å². The summed E-state index contributed by atoms with van der Waals surface area (Å²) in [4.78, 5) is 15.0. The van der Waals surface area contributed by atoms with Crippen LogP contribution in [0.25, 0.3) is 0 Å². The summed E-state index contributed by atoms with van der Waals surface area (Å²) < 4.78 is 0.890. The van der Waals surface area contributed by atoms with E-state index in [1.807, 2.05) is 11.4 Å². The highest BCUT2D eigenvalue weighted by Gasteiger charge is 2.18. The van der Waals surface area contributed by atoms with Gasteiger partial charge in [-0.3, -0.25) is 4.79 Å². The van der Waals surface area contributed by atoms with Gasteiger partial charge >= 0.3 is 0 Å². The lowest BCUT2D eigenvalue weighted by Gasteiger charge is -2.29. The highest BCUT2D eigenvalue weighted by molar-refractivity contribution is 9.10. The molecule has 1 fully saturated rings. The van der Waals surface area contributed by atoms with Crippen molar-refractivity contribution in [3.05, 3.63) is 20.8 Å². The molecular weight excluding hydrogens is 300 g/mol. The van der Waals surface area contributed by atoms with Crippen LogP contribution in [0.15, 0.2) is 15.9 Å². The van der Waals surface area contributed by atoms with E-state index in [9.17, 15) is 4.79 Å². The van der Waals surface area contributed by atoms with E-state index in [1.54, 1.807) is 0 Å². The van der Waals surface area contributed by atoms with Gasteiger partial charge in [0.2, 0.25) is 0 Å². The van der Waals surface area contributed by atoms with Crippen LogP contribution in [0.5, 0.6) is 0 Å². The molecule has 1 unspecified atom stereocenters. The lowest BCUT2D eigenvalue weighted by atomic mass is 9.98. The van der Waals surface area contributed by atoms with Gasteiger partial charge in [-0.1, -0.05) is 0 Å². The standard InChI is InChI=1S/C12H17BrN2OS/c1-15-5-2-3-9(8-15)7-14-12(16)11-10(13)4-6-17-11/h4,6,9H,2-3,5,7-8H2,1H3,(H,14,16). The molecule has 5 heteroatoms. The van der Waals surface area contributed by atoms with Crippen molar-refractivity contribution in [2.75, 3.05) is 26.7 Å². The Kier molecular flexibility index (Phi) is 4.59. The largest absolute Gasteiger partial charge is 0.351 e. The zero-order chi connectivity index (χ0) is 12.3. The predicted octanol–water partition coefficient (Wildman–Crippen LogP) is 2.58. The Morgan fingerprint density at radius 3 is 3.18 bits per heavy atom. The minimum Gasteiger partial charge on any atom is -0.351 e. The normalized spacial score (nSPS) is 21.4. The third-order valence-corrected chi connectivity index (χ3v) is 4.93. The molecule has 1 atom stereocenters. The van der Waals surface area contributed by atoms with Crippen LogP contribution in [0.3, 0.4) is 0 Å². The first-order valence-corrected chi connectivity index (χ1v) is 7.54. The zero-order valence-electron chi connectivity index (χ0n) is 9.91. The molecule has 1 N–H and O–H groups in total. The van der Waals surface area contributed by atoms with Gasteiger partial charge in [0, 0.05) is 17.6 Å². The number of carbonyl (C=O) groups is 1. The minimum atomic E-state index is 0.0418. The molecule has 0 saturated carbocycles. The van der Waals surface area contributed by atoms with E-state index in [-0.39, 0.29) is 5.91 Å². The Bertz CT molecular complexity index is 394. The molecule has 0 bridgehead atoms. The van der Waals surface area contributed by atoms with E-state index in [1.165, 1.54) is 30.7 Å². The minimum absolute atomic E-state index is 0.0418. The summed E-state index contributed by atoms with van der Waals surface area (Å²) in [5, 5.41) is 4.95. The maximum absolute atomic E-state index is 11.9. The summed E-state index contributed by atoms with van der Waals surface area (Å²) in [6.45, 7) is 3.06. The number of hydrogen-bond donors (Lipinski definition) is 1. The molecule has 0 aliphatic carbocycles. The van der Waals surface area contributed by atoms with Crippen molar-refractivity contribution in [3.8, 4) is 0 Å². The molecule has 0 radical (unpaired) electrons. The first-order chi connectivity index (χ1) is 8.16. The van der Waals surface area contributed by atoms with Gasteiger partial charge in [-0.25, -0.2) is 0 Å². The summed E-state index contributed by atoms with van der Waals surface area (Å²) in [5.74, 6) is 0.636. The van der Waals surface area contributed by atoms with Crippen molar-refractivity contribution < 1.29 is 4.79 Å². The number of rotatable bonds is 3. The van der Waals surface area contributed by atoms with Crippen LogP contribution < -0.4 is 5.32 Å². The molecule has 2 heterocycles. The summed E-state index contributed by atoms with van der Waals surface area (Å²) in [5.41, 5.74) is 0. The smallest absolute Gasteiger partial charge is 0.262 e. The predicted molar refractivity (Wildman–Crippen MR) is 74.6 cm³/mol. The summed E-state index contributed by atoms with van der Waals surface area (Å²) in [7, 11) is 2.14. The van der Waals surface area contributed by atoms with Crippen molar-refractivity contribution in [1.82, 2.24) is 10.2 Å². The Hall–Kier alpha value is -0.390. The SMILES string of the molecule is CN1CCCC(CNC(=O)c2sccc2Br)C1. The van der Waals surface area contributed by atoms with Crippen LogP contribution in [-0.4, -0.2) is 37.5 Å². The Labute approximate surface area is 114 Å². The van der Waals surface area contributed by atoms with Crippen molar-refractivity contribution >= 4 is 33.2 Å². The van der Waals surface area contributed by atoms with Crippen LogP contribution >= 0.6 is 27.3 Å². The van der Waals surface area contributed by atoms with Crippen molar-refractivity contribution in [3.63, 3.8) is 0 Å². The van der Waals surface area contributed by atoms with Gasteiger partial charge in [-0.15, -0.1) is 11.3 Å². The number of nitrogens with zero attached hydrogens (tertiary/aromatic N) is 1. The number of carbonyl (C=O) groups excluding carboxylic acids is 1. The second-order valence-electron chi connectivity index (χ2n) is 4.58. The molecule has 1 amide bonds. The van der Waals surface area contributed by atoms with E-state index in [4.69, 9.17) is 0 Å². The Morgan fingerprint density at radius 1 is 1.71 bits per heavy atom. The lowest BCUT2D eigenvalue weighted by molar-refractivity contribution is 0.0940. The molecule has 0 aromatic carbocycles. The number of likely N-dealkylation sites (tertiary alicyclic amines) is 1. The molecule has 1 aromatic rings. The fourth-order valence-electron chi connectivity index (χ4n) is 2.21. The highest BCUT2D eigenvalue weighted by atomic mass is 79.9. The number of halogens is 1. The van der Waals surface area contributed by atoms with Gasteiger partial charge in [-0.2, -0.15) is 0 Å². The molecule has 94 valence electrons. The molecule has 1 aliphatic rings. The fourth-order valence-corrected chi connectivity index (χ4v) is 3.68. The van der Waals surface area contributed by atoms with Gasteiger partial charge in [0.05, 0.1) is 0 Å². The monoisotopic (exact) mass is 316 g/mol. The average Bonchev–Trinajstić information content (AvgIpc) is 2.72. The van der Waals surface area contributed by atoms with E-state index in [2.05, 4.69) is 33.2 Å². The molecule has 17 heavy (non-hydrogen) atoms. The maximum Gasteiger partial charge on any atom is 0.262 e. The molecule has 3 nitrogen and oxygen atoms in total. The van der Waals surface area contributed by atoms with E-state index in [0.29, 0.717) is 5.92 Å². The third-order valence-electron chi connectivity index (χ3n) is 3.10. The third kappa shape index (κ3) is 3.53. The highest BCUT2D eigenvalue weighted by Crippen LogP contribution is 2.22. The van der Waals surface area contributed by atoms with Crippen LogP contribution in [0.4, 0.5) is 0 Å². The average molecular weight is 317 g/mol. The van der Waals surface area contributed by atoms with Gasteiger partial charge < -0.3 is 10.2 Å². The quantitative estimate of drug-likeness (QED) is 0.929. The lowest BCUT2D eigenvalue weighted by Crippen LogP contribution is -2.38. The second kappa shape index (κ2) is 5.98. The van der Waals surface area contributed by atoms with Gasteiger partial charge in [0.1, 0.15) is 4.88 Å². The fraction of sp³-hybridized carbons (Fsp3) is 0.583. The molecule has 0 spiro atoms. The van der Waals surface area contributed by atoms with Crippen molar-refractivity contribution in [1.29, 1.82) is 0 Å². The number of hydrogen-bond acceptors (Lipinski definition) is 3. The topological polar surface area (TPSA) is 32.3 Å². The number of thiophene rings is 1. The molecule has 1 aromatic heterocycles. The number of nitrogens with one attached hydrogen (secondary N) is 1. The van der Waals surface area contributed by atoms with Gasteiger partial charge in [0.25, 0.3) is 5.91 Å². The van der Waals surface area contributed by atoms with Crippen LogP contribution in [0, 0.1) is 5.92 Å². The first-order valence-electron chi connectivity index (χ1n) is 5.86. The van der Waals surface area contributed by atoms with Crippen LogP contribution in [-0.2, 0) is 0 Å². The van der Waals surface area contributed by atoms with E-state index in [0.717, 1.165) is 22.4 Å². The van der Waals surface area contributed by atoms with Gasteiger partial charge in [0.15, 0.2) is 0 Å². The molecule has 1 aliphatic heterocycles. The van der Waals surface area contributed by atoms with E-state index < -0.39 is 0 Å². The zero-order valence-corrected chi connectivity index (χ0v) is 12.3. The summed E-state index contributed by atoms with van der Waals surface area (Å²) in [6.07, 6.45) is 2.45.